The maximum absolute atomic E-state index is 13.6. The normalized spacial score (nSPS) is 12.5. The number of allylic oxidation sites excluding steroid dienone is 2. The summed E-state index contributed by atoms with van der Waals surface area (Å²) in [5, 5.41) is 1.10. The molecule has 2 aromatic carbocycles. The van der Waals surface area contributed by atoms with Crippen molar-refractivity contribution in [3.63, 3.8) is 0 Å². The van der Waals surface area contributed by atoms with Gasteiger partial charge in [0.2, 0.25) is 0 Å². The van der Waals surface area contributed by atoms with Crippen molar-refractivity contribution in [3.8, 4) is 0 Å². The Morgan fingerprint density at radius 1 is 0.938 bits per heavy atom. The third kappa shape index (κ3) is 6.85. The lowest BCUT2D eigenvalue weighted by molar-refractivity contribution is -0.0689. The predicted octanol–water partition coefficient (Wildman–Crippen LogP) is 7.96. The molecule has 4 nitrogen and oxygen atoms in total. The highest BCUT2D eigenvalue weighted by Gasteiger charge is 2.36. The van der Waals surface area contributed by atoms with Crippen LogP contribution < -0.4 is 5.32 Å². The summed E-state index contributed by atoms with van der Waals surface area (Å²) < 4.78 is 59.6. The Hall–Kier alpha value is -2.29. The van der Waals surface area contributed by atoms with Crippen LogP contribution in [0.2, 0.25) is 15.1 Å². The maximum atomic E-state index is 13.6. The summed E-state index contributed by atoms with van der Waals surface area (Å²) in [6, 6.07) is 4.94. The van der Waals surface area contributed by atoms with Crippen molar-refractivity contribution in [3.05, 3.63) is 68.4 Å². The van der Waals surface area contributed by atoms with Crippen molar-refractivity contribution in [2.24, 2.45) is 0 Å². The van der Waals surface area contributed by atoms with Crippen LogP contribution >= 0.6 is 34.8 Å². The van der Waals surface area contributed by atoms with Crippen LogP contribution in [0.1, 0.15) is 36.7 Å². The van der Waals surface area contributed by atoms with E-state index in [0.29, 0.717) is 18.2 Å². The number of nitrogens with one attached hydrogen (secondary N) is 1. The van der Waals surface area contributed by atoms with Crippen molar-refractivity contribution in [1.82, 2.24) is 0 Å². The molecule has 0 fully saturated rings. The van der Waals surface area contributed by atoms with Gasteiger partial charge >= 0.3 is 12.3 Å². The Morgan fingerprint density at radius 3 is 2.00 bits per heavy atom. The summed E-state index contributed by atoms with van der Waals surface area (Å²) in [6.45, 7) is 4.89. The number of carbonyl (C=O) groups excluding carboxylic acids is 2. The van der Waals surface area contributed by atoms with Crippen molar-refractivity contribution in [2.75, 3.05) is 5.32 Å². The number of ketones is 1. The van der Waals surface area contributed by atoms with Gasteiger partial charge in [-0.25, -0.2) is 9.18 Å². The van der Waals surface area contributed by atoms with E-state index >= 15 is 0 Å². The van der Waals surface area contributed by atoms with Crippen LogP contribution in [0.15, 0.2) is 36.4 Å². The first-order valence-electron chi connectivity index (χ1n) is 8.86. The van der Waals surface area contributed by atoms with Crippen LogP contribution in [-0.4, -0.2) is 23.7 Å². The second-order valence-electron chi connectivity index (χ2n) is 7.50. The number of alkyl halides is 3. The quantitative estimate of drug-likeness (QED) is 0.196. The third-order valence-corrected chi connectivity index (χ3v) is 4.64. The summed E-state index contributed by atoms with van der Waals surface area (Å²) in [6.07, 6.45) is -5.53. The van der Waals surface area contributed by atoms with Crippen molar-refractivity contribution in [2.45, 2.75) is 32.5 Å². The average Bonchev–Trinajstić information content (AvgIpc) is 2.62. The lowest BCUT2D eigenvalue weighted by atomic mass is 10.0. The minimum absolute atomic E-state index is 0.0320. The summed E-state index contributed by atoms with van der Waals surface area (Å²) >= 11 is 17.2. The van der Waals surface area contributed by atoms with Gasteiger partial charge in [0.15, 0.2) is 11.6 Å². The number of ether oxygens (including phenoxy) is 1. The molecule has 2 aromatic rings. The van der Waals surface area contributed by atoms with E-state index in [0.717, 1.165) is 6.07 Å². The number of amides is 1. The summed E-state index contributed by atoms with van der Waals surface area (Å²) in [5.74, 6) is -2.14. The number of rotatable bonds is 4. The minimum atomic E-state index is -4.98. The van der Waals surface area contributed by atoms with E-state index in [9.17, 15) is 27.2 Å². The van der Waals surface area contributed by atoms with Crippen LogP contribution in [0.25, 0.3) is 5.57 Å². The van der Waals surface area contributed by atoms with E-state index in [-0.39, 0.29) is 16.3 Å². The summed E-state index contributed by atoms with van der Waals surface area (Å²) in [5.41, 5.74) is -3.04. The molecule has 0 saturated heterocycles. The number of carbonyl (C=O) groups is 2. The molecule has 0 aromatic heterocycles. The molecule has 1 N–H and O–H groups in total. The molecule has 172 valence electrons. The first-order chi connectivity index (χ1) is 14.6. The molecule has 0 unspecified atom stereocenters. The molecular formula is C21H16Cl3F4NO3. The van der Waals surface area contributed by atoms with Gasteiger partial charge in [-0.1, -0.05) is 34.8 Å². The molecule has 0 heterocycles. The number of hydrogen-bond acceptors (Lipinski definition) is 3. The molecule has 1 amide bonds. The van der Waals surface area contributed by atoms with Gasteiger partial charge in [-0.05, 0) is 62.7 Å². The van der Waals surface area contributed by atoms with Crippen LogP contribution in [0.4, 0.5) is 28.0 Å². The van der Waals surface area contributed by atoms with Gasteiger partial charge in [0, 0.05) is 5.56 Å². The molecule has 11 heteroatoms. The first-order valence-corrected chi connectivity index (χ1v) is 9.99. The molecule has 0 aliphatic heterocycles. The van der Waals surface area contributed by atoms with Crippen LogP contribution in [0.5, 0.6) is 0 Å². The smallest absolute Gasteiger partial charge is 0.417 e. The zero-order valence-corrected chi connectivity index (χ0v) is 19.1. The van der Waals surface area contributed by atoms with E-state index < -0.39 is 50.7 Å². The topological polar surface area (TPSA) is 55.4 Å². The molecule has 0 spiro atoms. The largest absolute Gasteiger partial charge is 0.444 e. The Morgan fingerprint density at radius 2 is 1.50 bits per heavy atom. The Bertz CT molecular complexity index is 1070. The zero-order chi connectivity index (χ0) is 24.4. The Kier molecular flexibility index (Phi) is 7.86. The fourth-order valence-corrected chi connectivity index (χ4v) is 3.09. The maximum Gasteiger partial charge on any atom is 0.417 e. The standard InChI is InChI=1S/C21H16Cl3F4NO3/c1-20(2,3)32-19(31)29-16-8-10(4-5-13(16)22)17(30)9-12(21(26,27)28)11-6-14(23)18(25)15(24)7-11/h4-9H,1-3H3,(H,29,31). The summed E-state index contributed by atoms with van der Waals surface area (Å²) in [4.78, 5) is 24.5. The molecular weight excluding hydrogens is 497 g/mol. The monoisotopic (exact) mass is 511 g/mol. The molecule has 32 heavy (non-hydrogen) atoms. The molecule has 0 radical (unpaired) electrons. The molecule has 0 saturated carbocycles. The van der Waals surface area contributed by atoms with Crippen molar-refractivity contribution in [1.29, 1.82) is 0 Å². The SMILES string of the molecule is CC(C)(C)OC(=O)Nc1cc(C(=O)C=C(c2cc(Cl)c(F)c(Cl)c2)C(F)(F)F)ccc1Cl. The number of anilines is 1. The molecule has 0 aliphatic rings. The van der Waals surface area contributed by atoms with Gasteiger partial charge in [-0.15, -0.1) is 0 Å². The van der Waals surface area contributed by atoms with Gasteiger partial charge in [-0.2, -0.15) is 13.2 Å². The van der Waals surface area contributed by atoms with Crippen LogP contribution in [0, 0.1) is 5.82 Å². The van der Waals surface area contributed by atoms with Gasteiger partial charge in [0.1, 0.15) is 5.60 Å². The Labute approximate surface area is 196 Å². The molecule has 0 bridgehead atoms. The molecule has 2 rings (SSSR count). The van der Waals surface area contributed by atoms with E-state index in [1.54, 1.807) is 20.8 Å². The van der Waals surface area contributed by atoms with Gasteiger partial charge in [0.05, 0.1) is 26.3 Å². The second-order valence-corrected chi connectivity index (χ2v) is 8.72. The van der Waals surface area contributed by atoms with Gasteiger partial charge in [-0.3, -0.25) is 10.1 Å². The lowest BCUT2D eigenvalue weighted by Gasteiger charge is -2.20. The fourth-order valence-electron chi connectivity index (χ4n) is 2.44. The zero-order valence-electron chi connectivity index (χ0n) is 16.8. The average molecular weight is 513 g/mol. The molecule has 0 atom stereocenters. The van der Waals surface area contributed by atoms with E-state index in [1.165, 1.54) is 12.1 Å². The third-order valence-electron chi connectivity index (χ3n) is 3.76. The van der Waals surface area contributed by atoms with E-state index in [2.05, 4.69) is 5.32 Å². The van der Waals surface area contributed by atoms with Crippen LogP contribution in [0.3, 0.4) is 0 Å². The van der Waals surface area contributed by atoms with E-state index in [1.807, 2.05) is 0 Å². The first kappa shape index (κ1) is 26.0. The Balaban J connectivity index is 2.44. The highest BCUT2D eigenvalue weighted by molar-refractivity contribution is 6.35. The van der Waals surface area contributed by atoms with Crippen molar-refractivity contribution >= 4 is 57.9 Å². The van der Waals surface area contributed by atoms with Gasteiger partial charge in [0.25, 0.3) is 0 Å². The highest BCUT2D eigenvalue weighted by atomic mass is 35.5. The van der Waals surface area contributed by atoms with E-state index in [4.69, 9.17) is 39.5 Å². The van der Waals surface area contributed by atoms with Crippen molar-refractivity contribution < 1.29 is 31.9 Å². The fraction of sp³-hybridized carbons (Fsp3) is 0.238. The summed E-state index contributed by atoms with van der Waals surface area (Å²) in [7, 11) is 0. The number of benzene rings is 2. The highest BCUT2D eigenvalue weighted by Crippen LogP contribution is 2.38. The minimum Gasteiger partial charge on any atom is -0.444 e. The molecule has 0 aliphatic carbocycles. The second kappa shape index (κ2) is 9.68. The predicted molar refractivity (Wildman–Crippen MR) is 116 cm³/mol. The lowest BCUT2D eigenvalue weighted by Crippen LogP contribution is -2.27. The number of halogens is 7. The van der Waals surface area contributed by atoms with Gasteiger partial charge < -0.3 is 4.74 Å². The van der Waals surface area contributed by atoms with Crippen LogP contribution in [-0.2, 0) is 4.74 Å². The number of hydrogen-bond donors (Lipinski definition) is 1.